The van der Waals surface area contributed by atoms with E-state index in [1.165, 1.54) is 22.4 Å². The van der Waals surface area contributed by atoms with Crippen molar-refractivity contribution in [2.75, 3.05) is 14.2 Å². The Morgan fingerprint density at radius 3 is 2.12 bits per heavy atom. The van der Waals surface area contributed by atoms with Crippen LogP contribution in [-0.2, 0) is 14.1 Å². The summed E-state index contributed by atoms with van der Waals surface area (Å²) in [5, 5.41) is 0. The van der Waals surface area contributed by atoms with Gasteiger partial charge in [-0.2, -0.15) is 4.68 Å². The summed E-state index contributed by atoms with van der Waals surface area (Å²) in [6.07, 6.45) is 0. The zero-order valence-corrected chi connectivity index (χ0v) is 15.8. The molecule has 0 spiro atoms. The zero-order valence-electron chi connectivity index (χ0n) is 15.8. The van der Waals surface area contributed by atoms with Crippen molar-refractivity contribution in [3.05, 3.63) is 53.6 Å². The average molecular weight is 337 g/mol. The van der Waals surface area contributed by atoms with Crippen LogP contribution in [0.2, 0.25) is 0 Å². The molecule has 0 amide bonds. The topological polar surface area (TPSA) is 27.3 Å². The van der Waals surface area contributed by atoms with Crippen LogP contribution in [0.15, 0.2) is 42.5 Å². The SMILES string of the molecule is COc1ccc(-c2cc(-c3ccc(C)c(C)c3)[n+](C)n2C)cc1OC. The summed E-state index contributed by atoms with van der Waals surface area (Å²) >= 11 is 0. The number of hydrogen-bond donors (Lipinski definition) is 0. The van der Waals surface area contributed by atoms with Gasteiger partial charge in [-0.15, -0.1) is 4.68 Å². The van der Waals surface area contributed by atoms with E-state index in [0.29, 0.717) is 0 Å². The fourth-order valence-electron chi connectivity index (χ4n) is 3.08. The van der Waals surface area contributed by atoms with E-state index in [1.807, 2.05) is 12.1 Å². The highest BCUT2D eigenvalue weighted by atomic mass is 16.5. The van der Waals surface area contributed by atoms with Crippen LogP contribution < -0.4 is 14.2 Å². The van der Waals surface area contributed by atoms with Gasteiger partial charge in [0, 0.05) is 17.2 Å². The van der Waals surface area contributed by atoms with Gasteiger partial charge in [-0.3, -0.25) is 0 Å². The van der Waals surface area contributed by atoms with Crippen molar-refractivity contribution in [2.24, 2.45) is 14.1 Å². The largest absolute Gasteiger partial charge is 0.493 e. The number of benzene rings is 2. The third-order valence-electron chi connectivity index (χ3n) is 4.90. The van der Waals surface area contributed by atoms with Gasteiger partial charge in [-0.25, -0.2) is 0 Å². The fourth-order valence-corrected chi connectivity index (χ4v) is 3.08. The second-order valence-corrected chi connectivity index (χ2v) is 6.33. The van der Waals surface area contributed by atoms with E-state index < -0.39 is 0 Å². The highest BCUT2D eigenvalue weighted by Crippen LogP contribution is 2.33. The van der Waals surface area contributed by atoms with Crippen molar-refractivity contribution in [2.45, 2.75) is 13.8 Å². The van der Waals surface area contributed by atoms with E-state index in [-0.39, 0.29) is 0 Å². The Morgan fingerprint density at radius 1 is 0.800 bits per heavy atom. The molecule has 0 aliphatic heterocycles. The Balaban J connectivity index is 2.12. The minimum atomic E-state index is 0.733. The van der Waals surface area contributed by atoms with Crippen LogP contribution in [0.4, 0.5) is 0 Å². The number of nitrogens with zero attached hydrogens (tertiary/aromatic N) is 2. The smallest absolute Gasteiger partial charge is 0.238 e. The standard InChI is InChI=1S/C21H25N2O2/c1-14-7-8-16(11-15(14)2)18-13-19(23(4)22(18)3)17-9-10-20(24-5)21(12-17)25-6/h7-13H,1-6H3/q+1. The quantitative estimate of drug-likeness (QED) is 0.677. The van der Waals surface area contributed by atoms with E-state index >= 15 is 0 Å². The van der Waals surface area contributed by atoms with Gasteiger partial charge >= 0.3 is 0 Å². The Hall–Kier alpha value is -2.75. The first-order chi connectivity index (χ1) is 12.0. The van der Waals surface area contributed by atoms with E-state index in [9.17, 15) is 0 Å². The minimum Gasteiger partial charge on any atom is -0.493 e. The lowest BCUT2D eigenvalue weighted by Crippen LogP contribution is -2.39. The number of aryl methyl sites for hydroxylation is 2. The maximum Gasteiger partial charge on any atom is 0.238 e. The maximum absolute atomic E-state index is 5.45. The number of ether oxygens (including phenoxy) is 2. The lowest BCUT2D eigenvalue weighted by atomic mass is 10.0. The lowest BCUT2D eigenvalue weighted by molar-refractivity contribution is -0.740. The number of aromatic nitrogens is 2. The maximum atomic E-state index is 5.45. The van der Waals surface area contributed by atoms with Crippen molar-refractivity contribution in [3.8, 4) is 34.0 Å². The second-order valence-electron chi connectivity index (χ2n) is 6.33. The first-order valence-electron chi connectivity index (χ1n) is 8.32. The molecule has 4 heteroatoms. The van der Waals surface area contributed by atoms with Crippen LogP contribution in [0.1, 0.15) is 11.1 Å². The Labute approximate surface area is 149 Å². The van der Waals surface area contributed by atoms with Gasteiger partial charge < -0.3 is 9.47 Å². The molecule has 0 saturated heterocycles. The van der Waals surface area contributed by atoms with Crippen LogP contribution in [0, 0.1) is 13.8 Å². The van der Waals surface area contributed by atoms with Crippen molar-refractivity contribution >= 4 is 0 Å². The highest BCUT2D eigenvalue weighted by molar-refractivity contribution is 5.69. The molecule has 1 aromatic heterocycles. The molecule has 4 nitrogen and oxygen atoms in total. The second kappa shape index (κ2) is 6.63. The molecule has 3 rings (SSSR count). The van der Waals surface area contributed by atoms with Crippen LogP contribution in [0.3, 0.4) is 0 Å². The lowest BCUT2D eigenvalue weighted by Gasteiger charge is -2.09. The van der Waals surface area contributed by atoms with Crippen LogP contribution in [0.5, 0.6) is 11.5 Å². The van der Waals surface area contributed by atoms with Gasteiger partial charge in [0.25, 0.3) is 0 Å². The highest BCUT2D eigenvalue weighted by Gasteiger charge is 2.21. The van der Waals surface area contributed by atoms with Crippen LogP contribution in [0.25, 0.3) is 22.5 Å². The predicted molar refractivity (Wildman–Crippen MR) is 100 cm³/mol. The van der Waals surface area contributed by atoms with Crippen molar-refractivity contribution in [3.63, 3.8) is 0 Å². The van der Waals surface area contributed by atoms with Gasteiger partial charge in [0.05, 0.1) is 21.3 Å². The van der Waals surface area contributed by atoms with E-state index in [0.717, 1.165) is 22.8 Å². The summed E-state index contributed by atoms with van der Waals surface area (Å²) in [5.41, 5.74) is 7.21. The van der Waals surface area contributed by atoms with Crippen molar-refractivity contribution < 1.29 is 14.2 Å². The molecule has 3 aromatic rings. The molecule has 0 bridgehead atoms. The normalized spacial score (nSPS) is 10.8. The first kappa shape index (κ1) is 17.1. The summed E-state index contributed by atoms with van der Waals surface area (Å²) in [7, 11) is 7.45. The Kier molecular flexibility index (Phi) is 4.53. The number of hydrogen-bond acceptors (Lipinski definition) is 2. The first-order valence-corrected chi connectivity index (χ1v) is 8.32. The van der Waals surface area contributed by atoms with Gasteiger partial charge in [0.2, 0.25) is 5.69 Å². The molecule has 0 N–H and O–H groups in total. The molecule has 0 atom stereocenters. The molecule has 0 aliphatic carbocycles. The Morgan fingerprint density at radius 2 is 1.48 bits per heavy atom. The monoisotopic (exact) mass is 337 g/mol. The fraction of sp³-hybridized carbons (Fsp3) is 0.286. The van der Waals surface area contributed by atoms with Crippen molar-refractivity contribution in [1.29, 1.82) is 0 Å². The molecular formula is C21H25N2O2+. The minimum absolute atomic E-state index is 0.733. The molecule has 1 heterocycles. The summed E-state index contributed by atoms with van der Waals surface area (Å²) in [6.45, 7) is 4.29. The molecule has 0 saturated carbocycles. The van der Waals surface area contributed by atoms with Crippen LogP contribution in [-0.4, -0.2) is 18.9 Å². The molecule has 0 fully saturated rings. The van der Waals surface area contributed by atoms with E-state index in [2.05, 4.69) is 67.6 Å². The number of methoxy groups -OCH3 is 2. The molecular weight excluding hydrogens is 312 g/mol. The molecule has 25 heavy (non-hydrogen) atoms. The van der Waals surface area contributed by atoms with Crippen LogP contribution >= 0.6 is 0 Å². The van der Waals surface area contributed by atoms with Gasteiger partial charge in [-0.05, 0) is 55.3 Å². The summed E-state index contributed by atoms with van der Waals surface area (Å²) in [4.78, 5) is 0. The van der Waals surface area contributed by atoms with E-state index in [1.54, 1.807) is 14.2 Å². The van der Waals surface area contributed by atoms with Gasteiger partial charge in [0.1, 0.15) is 5.69 Å². The molecule has 0 unspecified atom stereocenters. The summed E-state index contributed by atoms with van der Waals surface area (Å²) in [6, 6.07) is 14.8. The zero-order chi connectivity index (χ0) is 18.1. The summed E-state index contributed by atoms with van der Waals surface area (Å²) < 4.78 is 15.1. The van der Waals surface area contributed by atoms with Gasteiger partial charge in [-0.1, -0.05) is 6.07 Å². The van der Waals surface area contributed by atoms with E-state index in [4.69, 9.17) is 9.47 Å². The van der Waals surface area contributed by atoms with Gasteiger partial charge in [0.15, 0.2) is 18.5 Å². The molecule has 0 radical (unpaired) electrons. The summed E-state index contributed by atoms with van der Waals surface area (Å²) in [5.74, 6) is 1.47. The Bertz CT molecular complexity index is 926. The molecule has 0 aliphatic rings. The molecule has 2 aromatic carbocycles. The predicted octanol–water partition coefficient (Wildman–Crippen LogP) is 3.82. The number of rotatable bonds is 4. The third-order valence-corrected chi connectivity index (χ3v) is 4.90. The molecule has 130 valence electrons. The average Bonchev–Trinajstić information content (AvgIpc) is 2.92. The van der Waals surface area contributed by atoms with Crippen molar-refractivity contribution in [1.82, 2.24) is 4.68 Å². The third kappa shape index (κ3) is 3.00.